The molecule has 1 fully saturated rings. The van der Waals surface area contributed by atoms with Crippen LogP contribution in [0.5, 0.6) is 0 Å². The molecule has 0 spiro atoms. The lowest BCUT2D eigenvalue weighted by Crippen LogP contribution is -2.39. The van der Waals surface area contributed by atoms with E-state index in [2.05, 4.69) is 34.7 Å². The first kappa shape index (κ1) is 9.87. The fraction of sp³-hybridized carbons (Fsp3) is 0.727. The van der Waals surface area contributed by atoms with Crippen molar-refractivity contribution in [3.63, 3.8) is 0 Å². The molecule has 0 aromatic rings. The molecule has 2 aliphatic heterocycles. The molecular formula is C11H19N3. The Morgan fingerprint density at radius 3 is 3.29 bits per heavy atom. The summed E-state index contributed by atoms with van der Waals surface area (Å²) in [4.78, 5) is 4.53. The van der Waals surface area contributed by atoms with Gasteiger partial charge in [0.2, 0.25) is 0 Å². The summed E-state index contributed by atoms with van der Waals surface area (Å²) >= 11 is 0. The standard InChI is InChI=1S/C11H19N3/c1-9-4-2-6-11(14-9)13-8-10-5-3-7-12-10/h2,4,10-13H,3,5-8H2,1H3/t10-,11?/m0/s1. The molecule has 0 saturated carbocycles. The number of aliphatic imine (C=N–C) groups is 1. The highest BCUT2D eigenvalue weighted by atomic mass is 15.1. The predicted molar refractivity (Wildman–Crippen MR) is 59.7 cm³/mol. The molecule has 3 nitrogen and oxygen atoms in total. The Balaban J connectivity index is 1.72. The van der Waals surface area contributed by atoms with Crippen molar-refractivity contribution in [3.05, 3.63) is 12.2 Å². The molecule has 2 rings (SSSR count). The van der Waals surface area contributed by atoms with E-state index in [-0.39, 0.29) is 0 Å². The monoisotopic (exact) mass is 193 g/mol. The summed E-state index contributed by atoms with van der Waals surface area (Å²) in [5.74, 6) is 0. The SMILES string of the molecule is CC1=NC(NC[C@@H]2CCCN2)CC=C1. The molecule has 3 heteroatoms. The largest absolute Gasteiger partial charge is 0.313 e. The van der Waals surface area contributed by atoms with Crippen LogP contribution in [-0.2, 0) is 0 Å². The number of dihydropyridines is 1. The van der Waals surface area contributed by atoms with Crippen LogP contribution in [-0.4, -0.2) is 31.0 Å². The molecule has 0 aromatic heterocycles. The third-order valence-corrected chi connectivity index (χ3v) is 2.84. The van der Waals surface area contributed by atoms with Crippen molar-refractivity contribution in [2.45, 2.75) is 38.4 Å². The van der Waals surface area contributed by atoms with Crippen LogP contribution in [0, 0.1) is 0 Å². The van der Waals surface area contributed by atoms with E-state index in [0.29, 0.717) is 12.2 Å². The van der Waals surface area contributed by atoms with E-state index in [1.54, 1.807) is 0 Å². The van der Waals surface area contributed by atoms with Crippen LogP contribution in [0.1, 0.15) is 26.2 Å². The van der Waals surface area contributed by atoms with Gasteiger partial charge in [-0.05, 0) is 32.4 Å². The Kier molecular flexibility index (Phi) is 3.32. The summed E-state index contributed by atoms with van der Waals surface area (Å²) < 4.78 is 0. The summed E-state index contributed by atoms with van der Waals surface area (Å²) in [6.07, 6.45) is 8.25. The maximum absolute atomic E-state index is 4.53. The minimum atomic E-state index is 0.308. The van der Waals surface area contributed by atoms with E-state index in [1.807, 2.05) is 0 Å². The van der Waals surface area contributed by atoms with Crippen LogP contribution in [0.25, 0.3) is 0 Å². The van der Waals surface area contributed by atoms with Crippen LogP contribution in [0.15, 0.2) is 17.1 Å². The highest BCUT2D eigenvalue weighted by molar-refractivity contribution is 5.93. The maximum atomic E-state index is 4.53. The van der Waals surface area contributed by atoms with Crippen molar-refractivity contribution in [2.24, 2.45) is 4.99 Å². The average molecular weight is 193 g/mol. The molecule has 78 valence electrons. The number of allylic oxidation sites excluding steroid dienone is 1. The highest BCUT2D eigenvalue weighted by Crippen LogP contribution is 2.07. The minimum Gasteiger partial charge on any atom is -0.313 e. The molecule has 2 atom stereocenters. The summed E-state index contributed by atoms with van der Waals surface area (Å²) in [5, 5.41) is 6.97. The molecule has 14 heavy (non-hydrogen) atoms. The molecule has 0 amide bonds. The number of hydrogen-bond acceptors (Lipinski definition) is 3. The van der Waals surface area contributed by atoms with Crippen LogP contribution < -0.4 is 10.6 Å². The van der Waals surface area contributed by atoms with E-state index < -0.39 is 0 Å². The number of nitrogens with zero attached hydrogens (tertiary/aromatic N) is 1. The van der Waals surface area contributed by atoms with Gasteiger partial charge in [-0.3, -0.25) is 10.3 Å². The van der Waals surface area contributed by atoms with Gasteiger partial charge in [-0.15, -0.1) is 0 Å². The molecule has 2 heterocycles. The van der Waals surface area contributed by atoms with E-state index in [9.17, 15) is 0 Å². The molecule has 0 radical (unpaired) electrons. The Morgan fingerprint density at radius 2 is 2.57 bits per heavy atom. The lowest BCUT2D eigenvalue weighted by Gasteiger charge is -2.19. The van der Waals surface area contributed by atoms with Gasteiger partial charge in [0.25, 0.3) is 0 Å². The Morgan fingerprint density at radius 1 is 1.64 bits per heavy atom. The van der Waals surface area contributed by atoms with E-state index in [1.165, 1.54) is 19.4 Å². The molecule has 1 saturated heterocycles. The fourth-order valence-electron chi connectivity index (χ4n) is 2.05. The quantitative estimate of drug-likeness (QED) is 0.703. The summed E-state index contributed by atoms with van der Waals surface area (Å²) in [6, 6.07) is 0.663. The second kappa shape index (κ2) is 4.71. The molecule has 0 aliphatic carbocycles. The zero-order valence-corrected chi connectivity index (χ0v) is 8.79. The Hall–Kier alpha value is -0.670. The van der Waals surface area contributed by atoms with Gasteiger partial charge in [0.05, 0.1) is 0 Å². The summed E-state index contributed by atoms with van der Waals surface area (Å²) in [7, 11) is 0. The number of nitrogens with one attached hydrogen (secondary N) is 2. The van der Waals surface area contributed by atoms with Crippen molar-refractivity contribution in [3.8, 4) is 0 Å². The van der Waals surface area contributed by atoms with Crippen LogP contribution in [0.3, 0.4) is 0 Å². The average Bonchev–Trinajstić information content (AvgIpc) is 2.67. The summed E-state index contributed by atoms with van der Waals surface area (Å²) in [5.41, 5.74) is 1.13. The van der Waals surface area contributed by atoms with Crippen LogP contribution >= 0.6 is 0 Å². The zero-order valence-electron chi connectivity index (χ0n) is 8.79. The Bertz CT molecular complexity index is 239. The van der Waals surface area contributed by atoms with Crippen LogP contribution in [0.4, 0.5) is 0 Å². The van der Waals surface area contributed by atoms with Crippen molar-refractivity contribution in [1.82, 2.24) is 10.6 Å². The smallest absolute Gasteiger partial charge is 0.103 e. The van der Waals surface area contributed by atoms with Crippen molar-refractivity contribution in [1.29, 1.82) is 0 Å². The van der Waals surface area contributed by atoms with Gasteiger partial charge < -0.3 is 5.32 Å². The van der Waals surface area contributed by atoms with Crippen molar-refractivity contribution in [2.75, 3.05) is 13.1 Å². The van der Waals surface area contributed by atoms with Crippen molar-refractivity contribution >= 4 is 5.71 Å². The number of hydrogen-bond donors (Lipinski definition) is 2. The molecule has 0 aromatic carbocycles. The van der Waals surface area contributed by atoms with E-state index >= 15 is 0 Å². The minimum absolute atomic E-state index is 0.308. The number of rotatable bonds is 3. The molecule has 1 unspecified atom stereocenters. The van der Waals surface area contributed by atoms with Gasteiger partial charge in [-0.25, -0.2) is 0 Å². The van der Waals surface area contributed by atoms with Gasteiger partial charge in [-0.2, -0.15) is 0 Å². The topological polar surface area (TPSA) is 36.4 Å². The van der Waals surface area contributed by atoms with Gasteiger partial charge in [0.1, 0.15) is 6.17 Å². The van der Waals surface area contributed by atoms with Crippen LogP contribution in [0.2, 0.25) is 0 Å². The first-order chi connectivity index (χ1) is 6.84. The third kappa shape index (κ3) is 2.66. The fourth-order valence-corrected chi connectivity index (χ4v) is 2.05. The van der Waals surface area contributed by atoms with E-state index in [0.717, 1.165) is 18.7 Å². The second-order valence-electron chi connectivity index (χ2n) is 4.13. The second-order valence-corrected chi connectivity index (χ2v) is 4.13. The zero-order chi connectivity index (χ0) is 9.80. The van der Waals surface area contributed by atoms with E-state index in [4.69, 9.17) is 0 Å². The van der Waals surface area contributed by atoms with Gasteiger partial charge >= 0.3 is 0 Å². The first-order valence-corrected chi connectivity index (χ1v) is 5.52. The molecule has 0 bridgehead atoms. The lowest BCUT2D eigenvalue weighted by molar-refractivity contribution is 0.469. The van der Waals surface area contributed by atoms with Gasteiger partial charge in [0.15, 0.2) is 0 Å². The lowest BCUT2D eigenvalue weighted by atomic mass is 10.2. The maximum Gasteiger partial charge on any atom is 0.103 e. The molecular weight excluding hydrogens is 174 g/mol. The van der Waals surface area contributed by atoms with Crippen molar-refractivity contribution < 1.29 is 0 Å². The molecule has 2 aliphatic rings. The Labute approximate surface area is 85.7 Å². The molecule has 2 N–H and O–H groups in total. The van der Waals surface area contributed by atoms with Gasteiger partial charge in [0, 0.05) is 24.7 Å². The highest BCUT2D eigenvalue weighted by Gasteiger charge is 2.15. The first-order valence-electron chi connectivity index (χ1n) is 5.52. The van der Waals surface area contributed by atoms with Gasteiger partial charge in [-0.1, -0.05) is 6.08 Å². The third-order valence-electron chi connectivity index (χ3n) is 2.84. The summed E-state index contributed by atoms with van der Waals surface area (Å²) in [6.45, 7) is 4.28. The normalized spacial score (nSPS) is 31.9. The predicted octanol–water partition coefficient (Wildman–Crippen LogP) is 1.07.